The first-order chi connectivity index (χ1) is 21.3. The van der Waals surface area contributed by atoms with Gasteiger partial charge in [0.05, 0.1) is 6.07 Å². The number of nitrogens with zero attached hydrogens (tertiary/aromatic N) is 2. The monoisotopic (exact) mass is 629 g/mol. The van der Waals surface area contributed by atoms with E-state index in [9.17, 15) is 19.6 Å². The summed E-state index contributed by atoms with van der Waals surface area (Å²) in [6.07, 6.45) is 2.61. The number of likely N-dealkylation sites (tertiary alicyclic amines) is 1. The van der Waals surface area contributed by atoms with Gasteiger partial charge in [0, 0.05) is 34.4 Å². The first-order valence-corrected chi connectivity index (χ1v) is 15.6. The predicted octanol–water partition coefficient (Wildman–Crippen LogP) is 5.91. The van der Waals surface area contributed by atoms with Crippen molar-refractivity contribution in [3.63, 3.8) is 0 Å². The van der Waals surface area contributed by atoms with Crippen LogP contribution < -0.4 is 5.32 Å². The Morgan fingerprint density at radius 3 is 1.95 bits per heavy atom. The number of nitrogens with one attached hydrogen (secondary N) is 1. The zero-order chi connectivity index (χ0) is 31.3. The lowest BCUT2D eigenvalue weighted by atomic mass is 9.80. The van der Waals surface area contributed by atoms with Gasteiger partial charge in [-0.15, -0.1) is 11.6 Å². The van der Waals surface area contributed by atoms with Crippen molar-refractivity contribution in [1.82, 2.24) is 10.2 Å². The Hall–Kier alpha value is -4.12. The van der Waals surface area contributed by atoms with Crippen molar-refractivity contribution < 1.29 is 19.1 Å². The second kappa shape index (κ2) is 13.7. The molecule has 1 aliphatic carbocycles. The largest absolute Gasteiger partial charge is 0.442 e. The summed E-state index contributed by atoms with van der Waals surface area (Å²) in [5.41, 5.74) is -0.0932. The smallest absolute Gasteiger partial charge is 0.334 e. The molecule has 2 fully saturated rings. The number of alkyl halides is 2. The van der Waals surface area contributed by atoms with E-state index in [-0.39, 0.29) is 29.2 Å². The van der Waals surface area contributed by atoms with Gasteiger partial charge in [0.2, 0.25) is 5.91 Å². The number of halogens is 2. The van der Waals surface area contributed by atoms with Crippen molar-refractivity contribution in [1.29, 1.82) is 5.26 Å². The van der Waals surface area contributed by atoms with Gasteiger partial charge in [0.1, 0.15) is 11.5 Å². The fourth-order valence-electron chi connectivity index (χ4n) is 6.15. The van der Waals surface area contributed by atoms with Crippen LogP contribution in [0.2, 0.25) is 0 Å². The quantitative estimate of drug-likeness (QED) is 0.0751. The highest BCUT2D eigenvalue weighted by Crippen LogP contribution is 2.42. The third-order valence-electron chi connectivity index (χ3n) is 8.44. The van der Waals surface area contributed by atoms with Gasteiger partial charge in [0.15, 0.2) is 11.6 Å². The highest BCUT2D eigenvalue weighted by molar-refractivity contribution is 6.27. The number of esters is 1. The second-order valence-corrected chi connectivity index (χ2v) is 11.9. The lowest BCUT2D eigenvalue weighted by Crippen LogP contribution is -2.73. The molecule has 0 aromatic heterocycles. The third kappa shape index (κ3) is 5.97. The summed E-state index contributed by atoms with van der Waals surface area (Å²) >= 11 is 12.9. The SMILES string of the molecule is C=C(CCl)C(C(=O)OC(c1ccccc1)(c1ccccc1)c1ccccc1)N1C(=O)C(NC(=O)C2CCCC(C#N)C2)C1Cl. The molecule has 226 valence electrons. The third-order valence-corrected chi connectivity index (χ3v) is 9.25. The van der Waals surface area contributed by atoms with Gasteiger partial charge in [-0.1, -0.05) is 116 Å². The molecule has 44 heavy (non-hydrogen) atoms. The van der Waals surface area contributed by atoms with E-state index in [0.29, 0.717) is 29.5 Å². The molecule has 3 aromatic rings. The van der Waals surface area contributed by atoms with Gasteiger partial charge >= 0.3 is 5.97 Å². The molecular formula is C35H33Cl2N3O4. The fourth-order valence-corrected chi connectivity index (χ4v) is 6.67. The molecule has 1 aliphatic heterocycles. The first kappa shape index (κ1) is 31.3. The van der Waals surface area contributed by atoms with Crippen LogP contribution in [-0.2, 0) is 24.7 Å². The zero-order valence-electron chi connectivity index (χ0n) is 24.1. The van der Waals surface area contributed by atoms with Crippen molar-refractivity contribution in [3.05, 3.63) is 120 Å². The minimum Gasteiger partial charge on any atom is -0.442 e. The Morgan fingerprint density at radius 1 is 0.977 bits per heavy atom. The Labute approximate surface area is 267 Å². The normalized spacial score (nSPS) is 22.2. The molecule has 0 spiro atoms. The molecule has 1 N–H and O–H groups in total. The lowest BCUT2D eigenvalue weighted by molar-refractivity contribution is -0.169. The number of β-lactam (4-membered cyclic amide) rings is 1. The van der Waals surface area contributed by atoms with Crippen molar-refractivity contribution in [3.8, 4) is 6.07 Å². The number of hydrogen-bond donors (Lipinski definition) is 1. The predicted molar refractivity (Wildman–Crippen MR) is 168 cm³/mol. The van der Waals surface area contributed by atoms with E-state index in [4.69, 9.17) is 27.9 Å². The molecule has 5 unspecified atom stereocenters. The maximum atomic E-state index is 14.3. The number of carbonyl (C=O) groups is 3. The highest BCUT2D eigenvalue weighted by Gasteiger charge is 2.55. The number of hydrogen-bond acceptors (Lipinski definition) is 5. The van der Waals surface area contributed by atoms with Crippen molar-refractivity contribution in [2.45, 2.75) is 48.9 Å². The minimum absolute atomic E-state index is 0.128. The lowest BCUT2D eigenvalue weighted by Gasteiger charge is -2.48. The van der Waals surface area contributed by atoms with Gasteiger partial charge < -0.3 is 15.0 Å². The zero-order valence-corrected chi connectivity index (χ0v) is 25.6. The van der Waals surface area contributed by atoms with Crippen LogP contribution in [0.4, 0.5) is 0 Å². The minimum atomic E-state index is -1.38. The number of benzene rings is 3. The van der Waals surface area contributed by atoms with Crippen LogP contribution in [0.5, 0.6) is 0 Å². The molecule has 0 radical (unpaired) electrons. The molecule has 5 atom stereocenters. The maximum absolute atomic E-state index is 14.3. The summed E-state index contributed by atoms with van der Waals surface area (Å²) in [6.45, 7) is 3.99. The molecule has 1 saturated carbocycles. The van der Waals surface area contributed by atoms with Gasteiger partial charge in [-0.2, -0.15) is 5.26 Å². The van der Waals surface area contributed by atoms with E-state index in [0.717, 1.165) is 12.8 Å². The average molecular weight is 631 g/mol. The molecule has 1 saturated heterocycles. The van der Waals surface area contributed by atoms with Crippen molar-refractivity contribution in [2.24, 2.45) is 11.8 Å². The molecular weight excluding hydrogens is 597 g/mol. The van der Waals surface area contributed by atoms with Crippen molar-refractivity contribution in [2.75, 3.05) is 5.88 Å². The fraction of sp³-hybridized carbons (Fsp3) is 0.314. The van der Waals surface area contributed by atoms with Crippen LogP contribution in [0, 0.1) is 23.2 Å². The summed E-state index contributed by atoms with van der Waals surface area (Å²) in [6, 6.07) is 28.0. The standard InChI is InChI=1S/C35H33Cl2N3O4/c1-23(21-36)30(40-31(37)29(33(40)42)39-32(41)25-13-11-12-24(20-25)22-38)34(43)44-35(26-14-5-2-6-15-26,27-16-7-3-8-17-27)28-18-9-4-10-19-28/h2-10,14-19,24-25,29-31H,1,11-13,20-21H2,(H,39,41). The van der Waals surface area contributed by atoms with E-state index < -0.39 is 35.1 Å². The molecule has 3 aromatic carbocycles. The second-order valence-electron chi connectivity index (χ2n) is 11.2. The number of nitriles is 1. The highest BCUT2D eigenvalue weighted by atomic mass is 35.5. The van der Waals surface area contributed by atoms with Crippen LogP contribution in [0.25, 0.3) is 0 Å². The molecule has 0 bridgehead atoms. The van der Waals surface area contributed by atoms with Gasteiger partial charge in [-0.3, -0.25) is 9.59 Å². The van der Waals surface area contributed by atoms with Crippen molar-refractivity contribution >= 4 is 41.0 Å². The van der Waals surface area contributed by atoms with Crippen LogP contribution in [-0.4, -0.2) is 46.1 Å². The molecule has 1 heterocycles. The number of rotatable bonds is 10. The Kier molecular flexibility index (Phi) is 9.73. The number of amides is 2. The van der Waals surface area contributed by atoms with E-state index in [2.05, 4.69) is 18.0 Å². The molecule has 9 heteroatoms. The van der Waals surface area contributed by atoms with E-state index >= 15 is 0 Å². The summed E-state index contributed by atoms with van der Waals surface area (Å²) in [5.74, 6) is -2.31. The van der Waals surface area contributed by atoms with Crippen LogP contribution in [0.3, 0.4) is 0 Å². The van der Waals surface area contributed by atoms with Gasteiger partial charge in [-0.25, -0.2) is 4.79 Å². The first-order valence-electron chi connectivity index (χ1n) is 14.6. The summed E-state index contributed by atoms with van der Waals surface area (Å²) < 4.78 is 6.54. The maximum Gasteiger partial charge on any atom is 0.334 e. The topological polar surface area (TPSA) is 99.5 Å². The van der Waals surface area contributed by atoms with E-state index in [1.807, 2.05) is 91.0 Å². The van der Waals surface area contributed by atoms with Crippen LogP contribution >= 0.6 is 23.2 Å². The van der Waals surface area contributed by atoms with Gasteiger partial charge in [-0.05, 0) is 24.8 Å². The Morgan fingerprint density at radius 2 is 1.50 bits per heavy atom. The molecule has 5 rings (SSSR count). The average Bonchev–Trinajstić information content (AvgIpc) is 3.08. The van der Waals surface area contributed by atoms with E-state index in [1.54, 1.807) is 0 Å². The van der Waals surface area contributed by atoms with Gasteiger partial charge in [0.25, 0.3) is 5.91 Å². The Balaban J connectivity index is 1.46. The molecule has 2 aliphatic rings. The molecule has 2 amide bonds. The summed E-state index contributed by atoms with van der Waals surface area (Å²) in [5, 5.41) is 12.1. The number of ether oxygens (including phenoxy) is 1. The summed E-state index contributed by atoms with van der Waals surface area (Å²) in [4.78, 5) is 42.1. The number of carbonyl (C=O) groups excluding carboxylic acids is 3. The molecule has 7 nitrogen and oxygen atoms in total. The Bertz CT molecular complexity index is 1450. The van der Waals surface area contributed by atoms with Crippen LogP contribution in [0.15, 0.2) is 103 Å². The van der Waals surface area contributed by atoms with E-state index in [1.165, 1.54) is 4.90 Å². The van der Waals surface area contributed by atoms with Crippen LogP contribution in [0.1, 0.15) is 42.4 Å². The summed E-state index contributed by atoms with van der Waals surface area (Å²) in [7, 11) is 0.